The van der Waals surface area contributed by atoms with E-state index >= 15 is 0 Å². The summed E-state index contributed by atoms with van der Waals surface area (Å²) >= 11 is 5.84. The van der Waals surface area contributed by atoms with E-state index in [1.807, 2.05) is 38.1 Å². The average molecular weight is 371 g/mol. The molecule has 0 aliphatic rings. The van der Waals surface area contributed by atoms with Gasteiger partial charge in [0.25, 0.3) is 5.91 Å². The number of amides is 2. The molecule has 1 aromatic heterocycles. The Morgan fingerprint density at radius 2 is 1.77 bits per heavy atom. The van der Waals surface area contributed by atoms with E-state index in [4.69, 9.17) is 11.6 Å². The fourth-order valence-electron chi connectivity index (χ4n) is 2.57. The molecule has 1 heterocycles. The highest BCUT2D eigenvalue weighted by molar-refractivity contribution is 6.30. The molecule has 1 atom stereocenters. The Labute approximate surface area is 156 Å². The number of imidazole rings is 1. The van der Waals surface area contributed by atoms with Gasteiger partial charge in [-0.2, -0.15) is 0 Å². The number of nitrogens with zero attached hydrogens (tertiary/aromatic N) is 1. The number of benzene rings is 2. The van der Waals surface area contributed by atoms with Crippen molar-refractivity contribution in [2.24, 2.45) is 5.92 Å². The first kappa shape index (κ1) is 17.9. The molecule has 0 fully saturated rings. The minimum atomic E-state index is -0.702. The van der Waals surface area contributed by atoms with Crippen LogP contribution in [-0.4, -0.2) is 27.8 Å². The van der Waals surface area contributed by atoms with E-state index in [-0.39, 0.29) is 17.7 Å². The number of para-hydroxylation sites is 2. The lowest BCUT2D eigenvalue weighted by molar-refractivity contribution is -0.118. The van der Waals surface area contributed by atoms with Crippen LogP contribution in [0, 0.1) is 5.92 Å². The van der Waals surface area contributed by atoms with Gasteiger partial charge in [0.1, 0.15) is 6.04 Å². The number of H-pyrrole nitrogens is 1. The van der Waals surface area contributed by atoms with Crippen molar-refractivity contribution in [2.75, 3.05) is 5.32 Å². The Hall–Kier alpha value is -2.86. The van der Waals surface area contributed by atoms with Crippen molar-refractivity contribution in [1.82, 2.24) is 15.3 Å². The summed E-state index contributed by atoms with van der Waals surface area (Å²) < 4.78 is 0. The summed E-state index contributed by atoms with van der Waals surface area (Å²) in [5.74, 6) is -0.417. The SMILES string of the molecule is CC(C)C(NC(=O)c1ccc(Cl)cc1)C(=O)Nc1nc2ccccc2[nH]1. The highest BCUT2D eigenvalue weighted by Gasteiger charge is 2.25. The number of hydrogen-bond acceptors (Lipinski definition) is 3. The normalized spacial score (nSPS) is 12.2. The summed E-state index contributed by atoms with van der Waals surface area (Å²) in [7, 11) is 0. The van der Waals surface area contributed by atoms with Gasteiger partial charge >= 0.3 is 0 Å². The fourth-order valence-corrected chi connectivity index (χ4v) is 2.69. The largest absolute Gasteiger partial charge is 0.340 e. The van der Waals surface area contributed by atoms with E-state index < -0.39 is 6.04 Å². The van der Waals surface area contributed by atoms with Gasteiger partial charge in [-0.05, 0) is 42.3 Å². The van der Waals surface area contributed by atoms with Crippen LogP contribution >= 0.6 is 11.6 Å². The van der Waals surface area contributed by atoms with E-state index in [1.165, 1.54) is 0 Å². The summed E-state index contributed by atoms with van der Waals surface area (Å²) in [6, 6.07) is 13.3. The first-order valence-corrected chi connectivity index (χ1v) is 8.64. The molecule has 3 N–H and O–H groups in total. The molecule has 0 saturated carbocycles. The number of carbonyl (C=O) groups excluding carboxylic acids is 2. The zero-order valence-corrected chi connectivity index (χ0v) is 15.2. The second-order valence-corrected chi connectivity index (χ2v) is 6.73. The minimum absolute atomic E-state index is 0.101. The number of fused-ring (bicyclic) bond motifs is 1. The highest BCUT2D eigenvalue weighted by atomic mass is 35.5. The predicted molar refractivity (Wildman–Crippen MR) is 102 cm³/mol. The van der Waals surface area contributed by atoms with E-state index in [1.54, 1.807) is 24.3 Å². The Kier molecular flexibility index (Phi) is 5.23. The average Bonchev–Trinajstić information content (AvgIpc) is 3.01. The van der Waals surface area contributed by atoms with Crippen LogP contribution < -0.4 is 10.6 Å². The summed E-state index contributed by atoms with van der Waals surface area (Å²) in [5, 5.41) is 6.05. The van der Waals surface area contributed by atoms with Gasteiger partial charge < -0.3 is 10.3 Å². The van der Waals surface area contributed by atoms with E-state index in [2.05, 4.69) is 20.6 Å². The van der Waals surface area contributed by atoms with Gasteiger partial charge in [-0.15, -0.1) is 0 Å². The quantitative estimate of drug-likeness (QED) is 0.641. The van der Waals surface area contributed by atoms with Gasteiger partial charge in [0, 0.05) is 10.6 Å². The molecule has 0 spiro atoms. The van der Waals surface area contributed by atoms with Crippen LogP contribution in [0.4, 0.5) is 5.95 Å². The molecular weight excluding hydrogens is 352 g/mol. The van der Waals surface area contributed by atoms with Crippen LogP contribution in [0.5, 0.6) is 0 Å². The molecule has 0 bridgehead atoms. The molecular formula is C19H19ClN4O2. The van der Waals surface area contributed by atoms with Crippen molar-refractivity contribution in [3.63, 3.8) is 0 Å². The first-order chi connectivity index (χ1) is 12.4. The number of aromatic nitrogens is 2. The molecule has 1 unspecified atom stereocenters. The Morgan fingerprint density at radius 3 is 2.42 bits per heavy atom. The van der Waals surface area contributed by atoms with Crippen LogP contribution in [0.15, 0.2) is 48.5 Å². The molecule has 3 aromatic rings. The lowest BCUT2D eigenvalue weighted by Gasteiger charge is -2.21. The Balaban J connectivity index is 1.73. The number of hydrogen-bond donors (Lipinski definition) is 3. The molecule has 2 aromatic carbocycles. The monoisotopic (exact) mass is 370 g/mol. The first-order valence-electron chi connectivity index (χ1n) is 8.26. The number of anilines is 1. The standard InChI is InChI=1S/C19H19ClN4O2/c1-11(2)16(23-17(25)12-7-9-13(20)10-8-12)18(26)24-19-21-14-5-3-4-6-15(14)22-19/h3-11,16H,1-2H3,(H,23,25)(H2,21,22,24,26). The third kappa shape index (κ3) is 4.03. The summed E-state index contributed by atoms with van der Waals surface area (Å²) in [6.45, 7) is 3.73. The Bertz CT molecular complexity index is 901. The second-order valence-electron chi connectivity index (χ2n) is 6.29. The molecule has 6 nitrogen and oxygen atoms in total. The minimum Gasteiger partial charge on any atom is -0.340 e. The zero-order chi connectivity index (χ0) is 18.7. The van der Waals surface area contributed by atoms with Crippen LogP contribution in [-0.2, 0) is 4.79 Å². The lowest BCUT2D eigenvalue weighted by atomic mass is 10.0. The summed E-state index contributed by atoms with van der Waals surface area (Å²) in [6.07, 6.45) is 0. The van der Waals surface area contributed by atoms with Gasteiger partial charge in [-0.25, -0.2) is 4.98 Å². The molecule has 3 rings (SSSR count). The molecule has 0 aliphatic carbocycles. The molecule has 0 aliphatic heterocycles. The van der Waals surface area contributed by atoms with Crippen LogP contribution in [0.3, 0.4) is 0 Å². The molecule has 26 heavy (non-hydrogen) atoms. The van der Waals surface area contributed by atoms with E-state index in [9.17, 15) is 9.59 Å². The number of carbonyl (C=O) groups is 2. The van der Waals surface area contributed by atoms with Crippen molar-refractivity contribution in [3.8, 4) is 0 Å². The predicted octanol–water partition coefficient (Wildman–Crippen LogP) is 3.61. The summed E-state index contributed by atoms with van der Waals surface area (Å²) in [4.78, 5) is 32.4. The molecule has 0 radical (unpaired) electrons. The maximum absolute atomic E-state index is 12.6. The number of nitrogens with one attached hydrogen (secondary N) is 3. The maximum Gasteiger partial charge on any atom is 0.251 e. The molecule has 2 amide bonds. The maximum atomic E-state index is 12.6. The van der Waals surface area contributed by atoms with E-state index in [0.717, 1.165) is 11.0 Å². The number of rotatable bonds is 5. The van der Waals surface area contributed by atoms with Crippen molar-refractivity contribution < 1.29 is 9.59 Å². The summed E-state index contributed by atoms with van der Waals surface area (Å²) in [5.41, 5.74) is 2.03. The van der Waals surface area contributed by atoms with Crippen LogP contribution in [0.2, 0.25) is 5.02 Å². The van der Waals surface area contributed by atoms with Gasteiger partial charge in [0.2, 0.25) is 11.9 Å². The number of halogens is 1. The van der Waals surface area contributed by atoms with Gasteiger partial charge in [0.05, 0.1) is 11.0 Å². The molecule has 0 saturated heterocycles. The van der Waals surface area contributed by atoms with Gasteiger partial charge in [-0.1, -0.05) is 37.6 Å². The fraction of sp³-hybridized carbons (Fsp3) is 0.211. The van der Waals surface area contributed by atoms with Crippen LogP contribution in [0.25, 0.3) is 11.0 Å². The topological polar surface area (TPSA) is 86.9 Å². The number of aromatic amines is 1. The zero-order valence-electron chi connectivity index (χ0n) is 14.4. The molecule has 7 heteroatoms. The smallest absolute Gasteiger partial charge is 0.251 e. The lowest BCUT2D eigenvalue weighted by Crippen LogP contribution is -2.47. The van der Waals surface area contributed by atoms with Crippen molar-refractivity contribution in [3.05, 3.63) is 59.1 Å². The third-order valence-electron chi connectivity index (χ3n) is 3.97. The van der Waals surface area contributed by atoms with Crippen molar-refractivity contribution >= 4 is 40.4 Å². The third-order valence-corrected chi connectivity index (χ3v) is 4.23. The highest BCUT2D eigenvalue weighted by Crippen LogP contribution is 2.15. The van der Waals surface area contributed by atoms with Crippen molar-refractivity contribution in [2.45, 2.75) is 19.9 Å². The van der Waals surface area contributed by atoms with Crippen LogP contribution in [0.1, 0.15) is 24.2 Å². The Morgan fingerprint density at radius 1 is 1.08 bits per heavy atom. The van der Waals surface area contributed by atoms with E-state index in [0.29, 0.717) is 16.5 Å². The second kappa shape index (κ2) is 7.58. The van der Waals surface area contributed by atoms with Gasteiger partial charge in [-0.3, -0.25) is 14.9 Å². The molecule has 134 valence electrons. The van der Waals surface area contributed by atoms with Gasteiger partial charge in [0.15, 0.2) is 0 Å². The van der Waals surface area contributed by atoms with Crippen molar-refractivity contribution in [1.29, 1.82) is 0 Å².